The number of nitrogens with zero attached hydrogens (tertiary/aromatic N) is 1. The number of rotatable bonds is 5. The van der Waals surface area contributed by atoms with Gasteiger partial charge < -0.3 is 4.90 Å². The van der Waals surface area contributed by atoms with Gasteiger partial charge in [-0.05, 0) is 43.6 Å². The quantitative estimate of drug-likeness (QED) is 0.791. The van der Waals surface area contributed by atoms with Crippen LogP contribution in [0.3, 0.4) is 0 Å². The topological polar surface area (TPSA) is 20.3 Å². The second kappa shape index (κ2) is 4.99. The standard InChI is InChI=1S/C17H23NO/c1-12-10-16(12)17(19)18(13(2)15-8-9-15)11-14-6-4-3-5-7-14/h3-7,12-13,15-16H,8-11H2,1-2H3. The molecule has 2 heteroatoms. The Kier molecular flexibility index (Phi) is 3.34. The Morgan fingerprint density at radius 1 is 1.32 bits per heavy atom. The molecule has 3 atom stereocenters. The Hall–Kier alpha value is -1.31. The van der Waals surface area contributed by atoms with Crippen LogP contribution in [0, 0.1) is 17.8 Å². The van der Waals surface area contributed by atoms with E-state index >= 15 is 0 Å². The summed E-state index contributed by atoms with van der Waals surface area (Å²) in [6.07, 6.45) is 3.67. The summed E-state index contributed by atoms with van der Waals surface area (Å²) in [7, 11) is 0. The first-order chi connectivity index (χ1) is 9.16. The molecule has 1 amide bonds. The minimum absolute atomic E-state index is 0.296. The first-order valence-corrected chi connectivity index (χ1v) is 7.51. The highest BCUT2D eigenvalue weighted by atomic mass is 16.2. The van der Waals surface area contributed by atoms with Crippen LogP contribution < -0.4 is 0 Å². The van der Waals surface area contributed by atoms with Crippen molar-refractivity contribution >= 4 is 5.91 Å². The molecule has 2 fully saturated rings. The summed E-state index contributed by atoms with van der Waals surface area (Å²) in [5.41, 5.74) is 1.25. The van der Waals surface area contributed by atoms with E-state index in [0.29, 0.717) is 23.8 Å². The van der Waals surface area contributed by atoms with Crippen LogP contribution in [0.1, 0.15) is 38.7 Å². The second-order valence-electron chi connectivity index (χ2n) is 6.35. The third-order valence-electron chi connectivity index (χ3n) is 4.70. The van der Waals surface area contributed by atoms with E-state index in [9.17, 15) is 4.79 Å². The molecule has 0 aromatic heterocycles. The van der Waals surface area contributed by atoms with Gasteiger partial charge in [0.15, 0.2) is 0 Å². The summed E-state index contributed by atoms with van der Waals surface area (Å²) in [5.74, 6) is 2.01. The lowest BCUT2D eigenvalue weighted by Crippen LogP contribution is -2.40. The van der Waals surface area contributed by atoms with E-state index in [4.69, 9.17) is 0 Å². The van der Waals surface area contributed by atoms with Crippen LogP contribution in [-0.4, -0.2) is 16.8 Å². The van der Waals surface area contributed by atoms with Crippen molar-refractivity contribution in [3.63, 3.8) is 0 Å². The first kappa shape index (κ1) is 12.7. The van der Waals surface area contributed by atoms with E-state index < -0.39 is 0 Å². The molecular formula is C17H23NO. The van der Waals surface area contributed by atoms with Crippen molar-refractivity contribution in [2.45, 2.75) is 45.7 Å². The van der Waals surface area contributed by atoms with Crippen molar-refractivity contribution in [1.29, 1.82) is 0 Å². The molecule has 3 rings (SSSR count). The fourth-order valence-electron chi connectivity index (χ4n) is 2.92. The summed E-state index contributed by atoms with van der Waals surface area (Å²) in [6.45, 7) is 5.19. The average molecular weight is 257 g/mol. The Morgan fingerprint density at radius 2 is 1.95 bits per heavy atom. The molecule has 19 heavy (non-hydrogen) atoms. The van der Waals surface area contributed by atoms with Gasteiger partial charge in [-0.1, -0.05) is 37.3 Å². The molecule has 0 heterocycles. The molecule has 0 bridgehead atoms. The largest absolute Gasteiger partial charge is 0.335 e. The first-order valence-electron chi connectivity index (χ1n) is 7.51. The number of amides is 1. The number of hydrogen-bond donors (Lipinski definition) is 0. The lowest BCUT2D eigenvalue weighted by Gasteiger charge is -2.30. The fourth-order valence-corrected chi connectivity index (χ4v) is 2.92. The van der Waals surface area contributed by atoms with Gasteiger partial charge in [-0.25, -0.2) is 0 Å². The van der Waals surface area contributed by atoms with E-state index in [1.165, 1.54) is 18.4 Å². The van der Waals surface area contributed by atoms with Crippen molar-refractivity contribution in [1.82, 2.24) is 4.90 Å². The predicted molar refractivity (Wildman–Crippen MR) is 76.4 cm³/mol. The molecule has 2 saturated carbocycles. The molecule has 2 nitrogen and oxygen atoms in total. The summed E-state index contributed by atoms with van der Waals surface area (Å²) in [5, 5.41) is 0. The lowest BCUT2D eigenvalue weighted by molar-refractivity contribution is -0.136. The van der Waals surface area contributed by atoms with Gasteiger partial charge in [-0.15, -0.1) is 0 Å². The van der Waals surface area contributed by atoms with Crippen LogP contribution in [0.15, 0.2) is 30.3 Å². The SMILES string of the molecule is CC1CC1C(=O)N(Cc1ccccc1)C(C)C1CC1. The van der Waals surface area contributed by atoms with Crippen LogP contribution >= 0.6 is 0 Å². The predicted octanol–water partition coefficient (Wildman–Crippen LogP) is 3.47. The minimum Gasteiger partial charge on any atom is -0.335 e. The van der Waals surface area contributed by atoms with E-state index in [0.717, 1.165) is 18.9 Å². The average Bonchev–Trinajstić information content (AvgIpc) is 3.30. The third-order valence-corrected chi connectivity index (χ3v) is 4.70. The number of carbonyl (C=O) groups is 1. The zero-order valence-corrected chi connectivity index (χ0v) is 11.9. The van der Waals surface area contributed by atoms with E-state index in [-0.39, 0.29) is 0 Å². The van der Waals surface area contributed by atoms with Crippen molar-refractivity contribution in [3.05, 3.63) is 35.9 Å². The third kappa shape index (κ3) is 2.83. The molecule has 0 spiro atoms. The van der Waals surface area contributed by atoms with Gasteiger partial charge in [0, 0.05) is 18.5 Å². The van der Waals surface area contributed by atoms with Crippen LogP contribution in [0.2, 0.25) is 0 Å². The number of benzene rings is 1. The molecular weight excluding hydrogens is 234 g/mol. The van der Waals surface area contributed by atoms with Crippen molar-refractivity contribution in [2.24, 2.45) is 17.8 Å². The van der Waals surface area contributed by atoms with Crippen LogP contribution in [0.4, 0.5) is 0 Å². The van der Waals surface area contributed by atoms with Crippen molar-refractivity contribution in [2.75, 3.05) is 0 Å². The smallest absolute Gasteiger partial charge is 0.226 e. The van der Waals surface area contributed by atoms with Crippen molar-refractivity contribution in [3.8, 4) is 0 Å². The Labute approximate surface area is 115 Å². The highest BCUT2D eigenvalue weighted by Crippen LogP contribution is 2.42. The van der Waals surface area contributed by atoms with E-state index in [1.54, 1.807) is 0 Å². The van der Waals surface area contributed by atoms with Gasteiger partial charge in [0.1, 0.15) is 0 Å². The molecule has 0 N–H and O–H groups in total. The van der Waals surface area contributed by atoms with E-state index in [1.807, 2.05) is 6.07 Å². The summed E-state index contributed by atoms with van der Waals surface area (Å²) in [6, 6.07) is 10.8. The van der Waals surface area contributed by atoms with Gasteiger partial charge in [-0.3, -0.25) is 4.79 Å². The maximum Gasteiger partial charge on any atom is 0.226 e. The molecule has 2 aliphatic rings. The molecule has 102 valence electrons. The summed E-state index contributed by atoms with van der Waals surface area (Å²) >= 11 is 0. The Balaban J connectivity index is 1.73. The highest BCUT2D eigenvalue weighted by molar-refractivity contribution is 5.82. The van der Waals surface area contributed by atoms with Gasteiger partial charge >= 0.3 is 0 Å². The van der Waals surface area contributed by atoms with E-state index in [2.05, 4.69) is 43.0 Å². The molecule has 3 unspecified atom stereocenters. The molecule has 1 aromatic carbocycles. The molecule has 2 aliphatic carbocycles. The molecule has 0 radical (unpaired) electrons. The van der Waals surface area contributed by atoms with Crippen LogP contribution in [0.5, 0.6) is 0 Å². The van der Waals surface area contributed by atoms with Gasteiger partial charge in [0.25, 0.3) is 0 Å². The maximum atomic E-state index is 12.6. The molecule has 0 saturated heterocycles. The monoisotopic (exact) mass is 257 g/mol. The number of hydrogen-bond acceptors (Lipinski definition) is 1. The van der Waals surface area contributed by atoms with Gasteiger partial charge in [0.2, 0.25) is 5.91 Å². The van der Waals surface area contributed by atoms with Crippen molar-refractivity contribution < 1.29 is 4.79 Å². The van der Waals surface area contributed by atoms with Gasteiger partial charge in [-0.2, -0.15) is 0 Å². The van der Waals surface area contributed by atoms with Crippen LogP contribution in [0.25, 0.3) is 0 Å². The van der Waals surface area contributed by atoms with Crippen LogP contribution in [-0.2, 0) is 11.3 Å². The maximum absolute atomic E-state index is 12.6. The second-order valence-corrected chi connectivity index (χ2v) is 6.35. The highest BCUT2D eigenvalue weighted by Gasteiger charge is 2.44. The molecule has 0 aliphatic heterocycles. The minimum atomic E-state index is 0.296. The lowest BCUT2D eigenvalue weighted by atomic mass is 10.1. The zero-order valence-electron chi connectivity index (χ0n) is 11.9. The summed E-state index contributed by atoms with van der Waals surface area (Å²) < 4.78 is 0. The van der Waals surface area contributed by atoms with Gasteiger partial charge in [0.05, 0.1) is 0 Å². The normalized spacial score (nSPS) is 26.8. The fraction of sp³-hybridized carbons (Fsp3) is 0.588. The zero-order chi connectivity index (χ0) is 13.4. The summed E-state index contributed by atoms with van der Waals surface area (Å²) in [4.78, 5) is 14.8. The number of carbonyl (C=O) groups excluding carboxylic acids is 1. The Morgan fingerprint density at radius 3 is 2.47 bits per heavy atom. The Bertz CT molecular complexity index is 452. The molecule has 1 aromatic rings.